The van der Waals surface area contributed by atoms with Gasteiger partial charge in [-0.1, -0.05) is 18.2 Å². The predicted molar refractivity (Wildman–Crippen MR) is 60.1 cm³/mol. The number of nitrogens with zero attached hydrogens (tertiary/aromatic N) is 2. The van der Waals surface area contributed by atoms with Crippen molar-refractivity contribution in [2.24, 2.45) is 0 Å². The van der Waals surface area contributed by atoms with Crippen LogP contribution in [-0.2, 0) is 6.54 Å². The third kappa shape index (κ3) is 4.70. The number of para-hydroxylation sites is 1. The molecule has 1 aromatic carbocycles. The number of hydrogen-bond donors (Lipinski definition) is 0. The normalized spacial score (nSPS) is 11.8. The van der Waals surface area contributed by atoms with Gasteiger partial charge >= 0.3 is 6.18 Å². The number of alkyl halides is 3. The van der Waals surface area contributed by atoms with Crippen molar-refractivity contribution in [2.45, 2.75) is 19.1 Å². The second kappa shape index (κ2) is 5.81. The Morgan fingerprint density at radius 1 is 1.33 bits per heavy atom. The molecule has 4 nitrogen and oxygen atoms in total. The molecule has 0 fully saturated rings. The average molecular weight is 262 g/mol. The van der Waals surface area contributed by atoms with Crippen LogP contribution in [0.2, 0.25) is 0 Å². The molecule has 7 heteroatoms. The van der Waals surface area contributed by atoms with E-state index in [1.165, 1.54) is 24.1 Å². The van der Waals surface area contributed by atoms with Gasteiger partial charge in [-0.15, -0.1) is 0 Å². The van der Waals surface area contributed by atoms with Gasteiger partial charge in [0.1, 0.15) is 0 Å². The van der Waals surface area contributed by atoms with Crippen molar-refractivity contribution in [3.63, 3.8) is 0 Å². The fourth-order valence-corrected chi connectivity index (χ4v) is 1.51. The van der Waals surface area contributed by atoms with Crippen LogP contribution in [-0.4, -0.2) is 29.6 Å². The van der Waals surface area contributed by atoms with Crippen LogP contribution >= 0.6 is 0 Å². The Morgan fingerprint density at radius 3 is 2.50 bits per heavy atom. The van der Waals surface area contributed by atoms with E-state index in [1.54, 1.807) is 12.1 Å². The van der Waals surface area contributed by atoms with Crippen molar-refractivity contribution >= 4 is 5.69 Å². The highest BCUT2D eigenvalue weighted by Gasteiger charge is 2.27. The maximum Gasteiger partial charge on any atom is 0.390 e. The van der Waals surface area contributed by atoms with Crippen LogP contribution in [0.4, 0.5) is 18.9 Å². The van der Waals surface area contributed by atoms with Crippen LogP contribution in [0.5, 0.6) is 0 Å². The number of hydrogen-bond acceptors (Lipinski definition) is 3. The Bertz CT molecular complexity index is 421. The maximum absolute atomic E-state index is 12.0. The van der Waals surface area contributed by atoms with Gasteiger partial charge in [0.2, 0.25) is 0 Å². The Morgan fingerprint density at radius 2 is 1.94 bits per heavy atom. The summed E-state index contributed by atoms with van der Waals surface area (Å²) in [5.74, 6) is 0. The van der Waals surface area contributed by atoms with Crippen molar-refractivity contribution in [2.75, 3.05) is 13.6 Å². The van der Waals surface area contributed by atoms with E-state index in [-0.39, 0.29) is 18.8 Å². The van der Waals surface area contributed by atoms with Gasteiger partial charge in [0.25, 0.3) is 5.69 Å². The zero-order valence-electron chi connectivity index (χ0n) is 9.78. The van der Waals surface area contributed by atoms with E-state index in [1.807, 2.05) is 0 Å². The zero-order chi connectivity index (χ0) is 13.8. The van der Waals surface area contributed by atoms with Gasteiger partial charge in [-0.3, -0.25) is 10.1 Å². The van der Waals surface area contributed by atoms with Crippen molar-refractivity contribution in [1.29, 1.82) is 0 Å². The first-order valence-electron chi connectivity index (χ1n) is 5.27. The van der Waals surface area contributed by atoms with Crippen LogP contribution in [0, 0.1) is 10.1 Å². The molecule has 1 aromatic rings. The summed E-state index contributed by atoms with van der Waals surface area (Å²) in [6, 6.07) is 6.03. The molecule has 0 saturated carbocycles. The first-order chi connectivity index (χ1) is 8.29. The van der Waals surface area contributed by atoms with Crippen LogP contribution in [0.3, 0.4) is 0 Å². The molecule has 0 radical (unpaired) electrons. The van der Waals surface area contributed by atoms with Crippen LogP contribution in [0.1, 0.15) is 12.0 Å². The van der Waals surface area contributed by atoms with Gasteiger partial charge in [0, 0.05) is 24.7 Å². The fraction of sp³-hybridized carbons (Fsp3) is 0.455. The van der Waals surface area contributed by atoms with Gasteiger partial charge in [-0.25, -0.2) is 0 Å². The number of rotatable bonds is 5. The van der Waals surface area contributed by atoms with E-state index >= 15 is 0 Å². The highest BCUT2D eigenvalue weighted by Crippen LogP contribution is 2.22. The van der Waals surface area contributed by atoms with Crippen molar-refractivity contribution in [3.8, 4) is 0 Å². The molecule has 0 saturated heterocycles. The minimum Gasteiger partial charge on any atom is -0.302 e. The molecule has 0 aliphatic heterocycles. The Balaban J connectivity index is 2.64. The number of halogens is 3. The lowest BCUT2D eigenvalue weighted by Crippen LogP contribution is -2.24. The molecule has 0 aliphatic rings. The van der Waals surface area contributed by atoms with E-state index in [0.717, 1.165) is 0 Å². The average Bonchev–Trinajstić information content (AvgIpc) is 2.26. The molecular weight excluding hydrogens is 249 g/mol. The molecular formula is C11H13F3N2O2. The molecule has 0 aromatic heterocycles. The summed E-state index contributed by atoms with van der Waals surface area (Å²) >= 11 is 0. The summed E-state index contributed by atoms with van der Waals surface area (Å²) in [5.41, 5.74) is 0.337. The highest BCUT2D eigenvalue weighted by atomic mass is 19.4. The molecule has 0 atom stereocenters. The minimum absolute atomic E-state index is 0.0728. The second-order valence-electron chi connectivity index (χ2n) is 3.99. The Kier molecular flexibility index (Phi) is 4.66. The summed E-state index contributed by atoms with van der Waals surface area (Å²) in [5, 5.41) is 10.7. The minimum atomic E-state index is -4.21. The molecule has 0 amide bonds. The molecule has 1 rings (SSSR count). The third-order valence-electron chi connectivity index (χ3n) is 2.41. The molecule has 0 N–H and O–H groups in total. The Labute approximate surface area is 102 Å². The van der Waals surface area contributed by atoms with E-state index < -0.39 is 17.5 Å². The van der Waals surface area contributed by atoms with Gasteiger partial charge < -0.3 is 4.90 Å². The maximum atomic E-state index is 12.0. The summed E-state index contributed by atoms with van der Waals surface area (Å²) < 4.78 is 36.1. The largest absolute Gasteiger partial charge is 0.390 e. The lowest BCUT2D eigenvalue weighted by molar-refractivity contribution is -0.385. The van der Waals surface area contributed by atoms with Gasteiger partial charge in [0.05, 0.1) is 11.3 Å². The lowest BCUT2D eigenvalue weighted by atomic mass is 10.1. The summed E-state index contributed by atoms with van der Waals surface area (Å²) in [7, 11) is 1.50. The van der Waals surface area contributed by atoms with Gasteiger partial charge in [0.15, 0.2) is 0 Å². The van der Waals surface area contributed by atoms with Gasteiger partial charge in [-0.2, -0.15) is 13.2 Å². The zero-order valence-corrected chi connectivity index (χ0v) is 9.78. The number of nitro groups is 1. The molecule has 0 bridgehead atoms. The molecule has 0 aliphatic carbocycles. The van der Waals surface area contributed by atoms with Crippen molar-refractivity contribution in [3.05, 3.63) is 39.9 Å². The van der Waals surface area contributed by atoms with E-state index in [0.29, 0.717) is 5.56 Å². The van der Waals surface area contributed by atoms with E-state index in [4.69, 9.17) is 0 Å². The van der Waals surface area contributed by atoms with Crippen LogP contribution < -0.4 is 0 Å². The van der Waals surface area contributed by atoms with Crippen molar-refractivity contribution in [1.82, 2.24) is 4.90 Å². The molecule has 18 heavy (non-hydrogen) atoms. The number of benzene rings is 1. The molecule has 0 spiro atoms. The number of nitro benzene ring substituents is 1. The van der Waals surface area contributed by atoms with Crippen molar-refractivity contribution < 1.29 is 18.1 Å². The van der Waals surface area contributed by atoms with Crippen LogP contribution in [0.15, 0.2) is 24.3 Å². The first kappa shape index (κ1) is 14.4. The smallest absolute Gasteiger partial charge is 0.302 e. The first-order valence-corrected chi connectivity index (χ1v) is 5.27. The summed E-state index contributed by atoms with van der Waals surface area (Å²) in [6.45, 7) is -0.0667. The quantitative estimate of drug-likeness (QED) is 0.605. The molecule has 0 heterocycles. The van der Waals surface area contributed by atoms with Crippen LogP contribution in [0.25, 0.3) is 0 Å². The lowest BCUT2D eigenvalue weighted by Gasteiger charge is -2.17. The highest BCUT2D eigenvalue weighted by molar-refractivity contribution is 5.39. The Hall–Kier alpha value is -1.63. The standard InChI is InChI=1S/C11H13F3N2O2/c1-15(7-6-11(12,13)14)8-9-4-2-3-5-10(9)16(17)18/h2-5H,6-8H2,1H3. The summed E-state index contributed by atoms with van der Waals surface area (Å²) in [4.78, 5) is 11.6. The third-order valence-corrected chi connectivity index (χ3v) is 2.41. The topological polar surface area (TPSA) is 46.4 Å². The summed E-state index contributed by atoms with van der Waals surface area (Å²) in [6.07, 6.45) is -5.14. The SMILES string of the molecule is CN(CCC(F)(F)F)Cc1ccccc1[N+](=O)[O-]. The van der Waals surface area contributed by atoms with E-state index in [9.17, 15) is 23.3 Å². The molecule has 0 unspecified atom stereocenters. The second-order valence-corrected chi connectivity index (χ2v) is 3.99. The predicted octanol–water partition coefficient (Wildman–Crippen LogP) is 2.98. The molecule has 100 valence electrons. The fourth-order valence-electron chi connectivity index (χ4n) is 1.51. The van der Waals surface area contributed by atoms with E-state index in [2.05, 4.69) is 0 Å². The van der Waals surface area contributed by atoms with Gasteiger partial charge in [-0.05, 0) is 7.05 Å². The monoisotopic (exact) mass is 262 g/mol.